The third-order valence-corrected chi connectivity index (χ3v) is 6.89. The number of carbonyl (C=O) groups excluding carboxylic acids is 3. The second kappa shape index (κ2) is 8.19. The molecule has 0 radical (unpaired) electrons. The van der Waals surface area contributed by atoms with E-state index in [1.165, 1.54) is 0 Å². The van der Waals surface area contributed by atoms with E-state index < -0.39 is 5.60 Å². The number of carbonyl (C=O) groups is 3. The van der Waals surface area contributed by atoms with Crippen molar-refractivity contribution in [3.63, 3.8) is 0 Å². The highest BCUT2D eigenvalue weighted by Gasteiger charge is 2.45. The van der Waals surface area contributed by atoms with Crippen LogP contribution in [-0.4, -0.2) is 72.9 Å². The van der Waals surface area contributed by atoms with Crippen molar-refractivity contribution in [3.8, 4) is 5.75 Å². The molecule has 0 saturated carbocycles. The number of fused-ring (bicyclic) bond motifs is 1. The number of piperidine rings is 1. The van der Waals surface area contributed by atoms with E-state index in [0.717, 1.165) is 5.56 Å². The van der Waals surface area contributed by atoms with Crippen molar-refractivity contribution in [2.24, 2.45) is 5.92 Å². The molecular weight excluding hydrogens is 408 g/mol. The van der Waals surface area contributed by atoms with E-state index in [0.29, 0.717) is 68.4 Å². The van der Waals surface area contributed by atoms with Gasteiger partial charge < -0.3 is 19.3 Å². The van der Waals surface area contributed by atoms with Crippen molar-refractivity contribution in [1.29, 1.82) is 0 Å². The average Bonchev–Trinajstić information content (AvgIpc) is 3.09. The quantitative estimate of drug-likeness (QED) is 0.727. The minimum atomic E-state index is -0.572. The SMILES string of the molecule is COCCN1CC(C(=O)N2CCC3(CC2)CC(=O)c2cc(Cl)c(C)cc2O3)CC1=O. The van der Waals surface area contributed by atoms with Crippen molar-refractivity contribution in [1.82, 2.24) is 9.80 Å². The molecular formula is C22H27ClN2O5. The van der Waals surface area contributed by atoms with Crippen LogP contribution in [0.3, 0.4) is 0 Å². The molecule has 0 aromatic heterocycles. The largest absolute Gasteiger partial charge is 0.486 e. The summed E-state index contributed by atoms with van der Waals surface area (Å²) in [6.45, 7) is 4.37. The number of nitrogens with zero attached hydrogens (tertiary/aromatic N) is 2. The van der Waals surface area contributed by atoms with Gasteiger partial charge in [0.25, 0.3) is 0 Å². The lowest BCUT2D eigenvalue weighted by Gasteiger charge is -2.44. The van der Waals surface area contributed by atoms with Crippen LogP contribution in [-0.2, 0) is 14.3 Å². The van der Waals surface area contributed by atoms with Crippen LogP contribution in [0.4, 0.5) is 0 Å². The van der Waals surface area contributed by atoms with Crippen LogP contribution in [0.25, 0.3) is 0 Å². The van der Waals surface area contributed by atoms with Crippen LogP contribution >= 0.6 is 11.6 Å². The summed E-state index contributed by atoms with van der Waals surface area (Å²) in [4.78, 5) is 41.4. The predicted molar refractivity (Wildman–Crippen MR) is 111 cm³/mol. The highest BCUT2D eigenvalue weighted by atomic mass is 35.5. The number of ether oxygens (including phenoxy) is 2. The van der Waals surface area contributed by atoms with Gasteiger partial charge in [0.15, 0.2) is 5.78 Å². The Balaban J connectivity index is 1.39. The highest BCUT2D eigenvalue weighted by Crippen LogP contribution is 2.41. The highest BCUT2D eigenvalue weighted by molar-refractivity contribution is 6.31. The van der Waals surface area contributed by atoms with Gasteiger partial charge in [0, 0.05) is 57.6 Å². The fraction of sp³-hybridized carbons (Fsp3) is 0.591. The molecule has 2 saturated heterocycles. The smallest absolute Gasteiger partial charge is 0.227 e. The lowest BCUT2D eigenvalue weighted by atomic mass is 9.82. The molecule has 0 bridgehead atoms. The maximum absolute atomic E-state index is 13.0. The maximum atomic E-state index is 13.0. The van der Waals surface area contributed by atoms with Gasteiger partial charge in [-0.1, -0.05) is 11.6 Å². The standard InChI is InChI=1S/C22H27ClN2O5/c1-14-9-19-16(11-17(14)23)18(26)12-22(30-19)3-5-24(6-4-22)21(28)15-10-20(27)25(13-15)7-8-29-2/h9,11,15H,3-8,10,12-13H2,1-2H3. The number of ketones is 1. The van der Waals surface area contributed by atoms with Crippen molar-refractivity contribution in [3.05, 3.63) is 28.3 Å². The second-order valence-corrected chi connectivity index (χ2v) is 8.95. The summed E-state index contributed by atoms with van der Waals surface area (Å²) >= 11 is 6.17. The molecule has 30 heavy (non-hydrogen) atoms. The van der Waals surface area contributed by atoms with Crippen molar-refractivity contribution in [2.75, 3.05) is 39.9 Å². The number of Topliss-reactive ketones (excluding diaryl/α,β-unsaturated/α-hetero) is 1. The van der Waals surface area contributed by atoms with Gasteiger partial charge in [-0.15, -0.1) is 0 Å². The van der Waals surface area contributed by atoms with Crippen LogP contribution in [0.5, 0.6) is 5.75 Å². The first kappa shape index (κ1) is 21.1. The van der Waals surface area contributed by atoms with Gasteiger partial charge in [-0.05, 0) is 24.6 Å². The summed E-state index contributed by atoms with van der Waals surface area (Å²) in [6.07, 6.45) is 1.75. The molecule has 1 unspecified atom stereocenters. The molecule has 3 heterocycles. The summed E-state index contributed by atoms with van der Waals surface area (Å²) in [5.41, 5.74) is 0.837. The summed E-state index contributed by atoms with van der Waals surface area (Å²) in [5, 5.41) is 0.563. The summed E-state index contributed by atoms with van der Waals surface area (Å²) in [7, 11) is 1.60. The van der Waals surface area contributed by atoms with E-state index >= 15 is 0 Å². The van der Waals surface area contributed by atoms with Gasteiger partial charge in [-0.25, -0.2) is 0 Å². The van der Waals surface area contributed by atoms with Crippen molar-refractivity contribution < 1.29 is 23.9 Å². The number of likely N-dealkylation sites (tertiary alicyclic amines) is 2. The zero-order chi connectivity index (χ0) is 21.5. The van der Waals surface area contributed by atoms with Gasteiger partial charge >= 0.3 is 0 Å². The first-order valence-electron chi connectivity index (χ1n) is 10.4. The summed E-state index contributed by atoms with van der Waals surface area (Å²) in [6, 6.07) is 3.51. The van der Waals surface area contributed by atoms with Gasteiger partial charge in [-0.2, -0.15) is 0 Å². The summed E-state index contributed by atoms with van der Waals surface area (Å²) < 4.78 is 11.3. The molecule has 1 aromatic rings. The van der Waals surface area contributed by atoms with Gasteiger partial charge in [0.05, 0.1) is 24.5 Å². The average molecular weight is 435 g/mol. The normalized spacial score (nSPS) is 23.0. The number of halogens is 1. The first-order valence-corrected chi connectivity index (χ1v) is 10.8. The molecule has 4 rings (SSSR count). The molecule has 8 heteroatoms. The first-order chi connectivity index (χ1) is 14.3. The molecule has 162 valence electrons. The fourth-order valence-electron chi connectivity index (χ4n) is 4.64. The minimum absolute atomic E-state index is 0.00530. The molecule has 0 N–H and O–H groups in total. The molecule has 2 amide bonds. The monoisotopic (exact) mass is 434 g/mol. The van der Waals surface area contributed by atoms with E-state index in [2.05, 4.69) is 0 Å². The number of methoxy groups -OCH3 is 1. The van der Waals surface area contributed by atoms with E-state index in [1.807, 2.05) is 17.9 Å². The Hall–Kier alpha value is -2.12. The second-order valence-electron chi connectivity index (χ2n) is 8.54. The fourth-order valence-corrected chi connectivity index (χ4v) is 4.81. The van der Waals surface area contributed by atoms with Gasteiger partial charge in [0.1, 0.15) is 11.4 Å². The van der Waals surface area contributed by atoms with Crippen molar-refractivity contribution in [2.45, 2.75) is 38.2 Å². The molecule has 0 aliphatic carbocycles. The predicted octanol–water partition coefficient (Wildman–Crippen LogP) is 2.47. The molecule has 3 aliphatic heterocycles. The Morgan fingerprint density at radius 1 is 1.30 bits per heavy atom. The van der Waals surface area contributed by atoms with E-state index in [1.54, 1.807) is 18.1 Å². The Labute approximate surface area is 181 Å². The molecule has 2 fully saturated rings. The number of aryl methyl sites for hydroxylation is 1. The molecule has 1 atom stereocenters. The topological polar surface area (TPSA) is 76.2 Å². The number of rotatable bonds is 4. The maximum Gasteiger partial charge on any atom is 0.227 e. The van der Waals surface area contributed by atoms with Crippen LogP contribution in [0.15, 0.2) is 12.1 Å². The molecule has 1 spiro atoms. The third-order valence-electron chi connectivity index (χ3n) is 6.49. The van der Waals surface area contributed by atoms with Crippen LogP contribution < -0.4 is 4.74 Å². The zero-order valence-corrected chi connectivity index (χ0v) is 18.2. The Bertz CT molecular complexity index is 879. The van der Waals surface area contributed by atoms with Crippen molar-refractivity contribution >= 4 is 29.2 Å². The van der Waals surface area contributed by atoms with E-state index in [9.17, 15) is 14.4 Å². The van der Waals surface area contributed by atoms with Crippen LogP contribution in [0.2, 0.25) is 5.02 Å². The number of benzene rings is 1. The lowest BCUT2D eigenvalue weighted by Crippen LogP contribution is -2.53. The Morgan fingerprint density at radius 2 is 2.03 bits per heavy atom. The summed E-state index contributed by atoms with van der Waals surface area (Å²) in [5.74, 6) is 0.341. The lowest BCUT2D eigenvalue weighted by molar-refractivity contribution is -0.139. The van der Waals surface area contributed by atoms with E-state index in [4.69, 9.17) is 21.1 Å². The minimum Gasteiger partial charge on any atom is -0.486 e. The molecule has 7 nitrogen and oxygen atoms in total. The van der Waals surface area contributed by atoms with Crippen LogP contribution in [0.1, 0.15) is 41.6 Å². The Kier molecular flexibility index (Phi) is 5.77. The van der Waals surface area contributed by atoms with Gasteiger partial charge in [-0.3, -0.25) is 14.4 Å². The third kappa shape index (κ3) is 3.93. The number of amides is 2. The van der Waals surface area contributed by atoms with Gasteiger partial charge in [0.2, 0.25) is 11.8 Å². The molecule has 3 aliphatic rings. The van der Waals surface area contributed by atoms with Crippen LogP contribution in [0, 0.1) is 12.8 Å². The molecule has 1 aromatic carbocycles. The zero-order valence-electron chi connectivity index (χ0n) is 17.4. The number of hydrogen-bond donors (Lipinski definition) is 0. The van der Waals surface area contributed by atoms with E-state index in [-0.39, 0.29) is 29.9 Å². The Morgan fingerprint density at radius 3 is 2.73 bits per heavy atom. The number of hydrogen-bond acceptors (Lipinski definition) is 5.